The summed E-state index contributed by atoms with van der Waals surface area (Å²) in [7, 11) is 0. The molecule has 0 radical (unpaired) electrons. The number of thioether (sulfide) groups is 1. The lowest BCUT2D eigenvalue weighted by Gasteiger charge is -2.16. The van der Waals surface area contributed by atoms with Crippen molar-refractivity contribution in [3.05, 3.63) is 83.7 Å². The zero-order valence-corrected chi connectivity index (χ0v) is 17.6. The Bertz CT molecular complexity index is 901. The van der Waals surface area contributed by atoms with Gasteiger partial charge in [-0.05, 0) is 43.5 Å². The molecule has 0 spiro atoms. The molecule has 0 aliphatic carbocycles. The summed E-state index contributed by atoms with van der Waals surface area (Å²) in [5.74, 6) is 2.50. The van der Waals surface area contributed by atoms with Crippen molar-refractivity contribution >= 4 is 11.8 Å². The van der Waals surface area contributed by atoms with Gasteiger partial charge >= 0.3 is 0 Å². The molecule has 28 heavy (non-hydrogen) atoms. The molecule has 1 atom stereocenters. The molecule has 5 heteroatoms. The Morgan fingerprint density at radius 1 is 1.07 bits per heavy atom. The number of ether oxygens (including phenoxy) is 1. The van der Waals surface area contributed by atoms with Crippen LogP contribution in [0.25, 0.3) is 0 Å². The molecule has 146 valence electrons. The van der Waals surface area contributed by atoms with Crippen LogP contribution in [0.5, 0.6) is 5.75 Å². The first-order valence-electron chi connectivity index (χ1n) is 9.58. The standard InChI is InChI=1S/C23H27N3OS/c1-5-15-26-22(18(4)27-21-13-11-19(6-2)12-14-21)24-25-23(26)28-16-20-9-7-17(3)8-10-20/h5,7-14,18H,1,6,15-16H2,2-4H3. The molecule has 0 fully saturated rings. The van der Waals surface area contributed by atoms with E-state index in [0.29, 0.717) is 6.54 Å². The maximum Gasteiger partial charge on any atom is 0.191 e. The summed E-state index contributed by atoms with van der Waals surface area (Å²) < 4.78 is 8.19. The number of aryl methyl sites for hydroxylation is 2. The molecule has 0 bridgehead atoms. The quantitative estimate of drug-likeness (QED) is 0.342. The van der Waals surface area contributed by atoms with E-state index in [1.165, 1.54) is 16.7 Å². The predicted octanol–water partition coefficient (Wildman–Crippen LogP) is 5.77. The highest BCUT2D eigenvalue weighted by atomic mass is 32.2. The van der Waals surface area contributed by atoms with E-state index < -0.39 is 0 Å². The van der Waals surface area contributed by atoms with Crippen molar-refractivity contribution in [2.24, 2.45) is 0 Å². The van der Waals surface area contributed by atoms with Gasteiger partial charge in [0.1, 0.15) is 5.75 Å². The zero-order valence-electron chi connectivity index (χ0n) is 16.8. The molecule has 1 unspecified atom stereocenters. The molecular formula is C23H27N3OS. The topological polar surface area (TPSA) is 39.9 Å². The molecule has 1 heterocycles. The molecule has 0 amide bonds. The van der Waals surface area contributed by atoms with E-state index in [1.807, 2.05) is 25.1 Å². The molecular weight excluding hydrogens is 366 g/mol. The van der Waals surface area contributed by atoms with Gasteiger partial charge in [-0.15, -0.1) is 16.8 Å². The van der Waals surface area contributed by atoms with Crippen LogP contribution in [0, 0.1) is 6.92 Å². The fraction of sp³-hybridized carbons (Fsp3) is 0.304. The monoisotopic (exact) mass is 393 g/mol. The van der Waals surface area contributed by atoms with Crippen molar-refractivity contribution in [1.29, 1.82) is 0 Å². The molecule has 0 N–H and O–H groups in total. The Kier molecular flexibility index (Phi) is 6.93. The maximum atomic E-state index is 6.11. The van der Waals surface area contributed by atoms with Crippen LogP contribution in [-0.2, 0) is 18.7 Å². The zero-order chi connectivity index (χ0) is 19.9. The fourth-order valence-electron chi connectivity index (χ4n) is 2.90. The smallest absolute Gasteiger partial charge is 0.191 e. The van der Waals surface area contributed by atoms with Gasteiger partial charge in [0, 0.05) is 12.3 Å². The second-order valence-corrected chi connectivity index (χ2v) is 7.71. The summed E-state index contributed by atoms with van der Waals surface area (Å²) in [6.45, 7) is 10.8. The number of benzene rings is 2. The molecule has 2 aromatic carbocycles. The van der Waals surface area contributed by atoms with Crippen LogP contribution in [-0.4, -0.2) is 14.8 Å². The first kappa shape index (κ1) is 20.2. The third kappa shape index (κ3) is 5.04. The van der Waals surface area contributed by atoms with Gasteiger partial charge in [0.05, 0.1) is 0 Å². The average molecular weight is 394 g/mol. The van der Waals surface area contributed by atoms with Gasteiger partial charge in [-0.25, -0.2) is 0 Å². The number of hydrogen-bond acceptors (Lipinski definition) is 4. The first-order valence-corrected chi connectivity index (χ1v) is 10.6. The lowest BCUT2D eigenvalue weighted by atomic mass is 10.2. The van der Waals surface area contributed by atoms with E-state index >= 15 is 0 Å². The molecule has 3 aromatic rings. The highest BCUT2D eigenvalue weighted by Gasteiger charge is 2.19. The van der Waals surface area contributed by atoms with Crippen molar-refractivity contribution < 1.29 is 4.74 Å². The van der Waals surface area contributed by atoms with Crippen LogP contribution in [0.4, 0.5) is 0 Å². The van der Waals surface area contributed by atoms with Crippen LogP contribution >= 0.6 is 11.8 Å². The Balaban J connectivity index is 1.72. The lowest BCUT2D eigenvalue weighted by molar-refractivity contribution is 0.210. The van der Waals surface area contributed by atoms with Gasteiger partial charge in [-0.1, -0.05) is 66.7 Å². The number of nitrogens with zero attached hydrogens (tertiary/aromatic N) is 3. The van der Waals surface area contributed by atoms with E-state index in [-0.39, 0.29) is 6.10 Å². The third-order valence-corrected chi connectivity index (χ3v) is 5.59. The van der Waals surface area contributed by atoms with Crippen LogP contribution in [0.2, 0.25) is 0 Å². The van der Waals surface area contributed by atoms with Crippen molar-refractivity contribution in [3.8, 4) is 5.75 Å². The van der Waals surface area contributed by atoms with Crippen molar-refractivity contribution in [3.63, 3.8) is 0 Å². The van der Waals surface area contributed by atoms with Crippen LogP contribution in [0.1, 0.15) is 42.5 Å². The Morgan fingerprint density at radius 3 is 2.39 bits per heavy atom. The predicted molar refractivity (Wildman–Crippen MR) is 116 cm³/mol. The summed E-state index contributed by atoms with van der Waals surface area (Å²) in [5, 5.41) is 9.70. The van der Waals surface area contributed by atoms with Crippen molar-refractivity contribution in [1.82, 2.24) is 14.8 Å². The maximum absolute atomic E-state index is 6.11. The van der Waals surface area contributed by atoms with E-state index in [0.717, 1.165) is 28.9 Å². The van der Waals surface area contributed by atoms with Gasteiger partial charge in [-0.2, -0.15) is 0 Å². The normalized spacial score (nSPS) is 12.0. The fourth-order valence-corrected chi connectivity index (χ4v) is 3.81. The van der Waals surface area contributed by atoms with Crippen LogP contribution in [0.3, 0.4) is 0 Å². The van der Waals surface area contributed by atoms with Gasteiger partial charge in [0.25, 0.3) is 0 Å². The largest absolute Gasteiger partial charge is 0.483 e. The van der Waals surface area contributed by atoms with E-state index in [2.05, 4.69) is 71.6 Å². The van der Waals surface area contributed by atoms with Crippen LogP contribution in [0.15, 0.2) is 66.3 Å². The second-order valence-electron chi connectivity index (χ2n) is 6.77. The van der Waals surface area contributed by atoms with Gasteiger partial charge in [0.15, 0.2) is 17.1 Å². The molecule has 0 saturated carbocycles. The summed E-state index contributed by atoms with van der Waals surface area (Å²) in [6.07, 6.45) is 2.69. The molecule has 0 aliphatic rings. The van der Waals surface area contributed by atoms with Gasteiger partial charge in [-0.3, -0.25) is 4.57 Å². The van der Waals surface area contributed by atoms with E-state index in [9.17, 15) is 0 Å². The number of hydrogen-bond donors (Lipinski definition) is 0. The number of aromatic nitrogens is 3. The molecule has 4 nitrogen and oxygen atoms in total. The summed E-state index contributed by atoms with van der Waals surface area (Å²) in [4.78, 5) is 0. The first-order chi connectivity index (χ1) is 13.6. The number of rotatable bonds is 9. The summed E-state index contributed by atoms with van der Waals surface area (Å²) in [5.41, 5.74) is 3.83. The highest BCUT2D eigenvalue weighted by molar-refractivity contribution is 7.98. The highest BCUT2D eigenvalue weighted by Crippen LogP contribution is 2.27. The molecule has 3 rings (SSSR count). The van der Waals surface area contributed by atoms with Gasteiger partial charge in [0.2, 0.25) is 0 Å². The lowest BCUT2D eigenvalue weighted by Crippen LogP contribution is -2.12. The van der Waals surface area contributed by atoms with E-state index in [4.69, 9.17) is 4.74 Å². The molecule has 1 aromatic heterocycles. The minimum absolute atomic E-state index is 0.200. The SMILES string of the molecule is C=CCn1c(SCc2ccc(C)cc2)nnc1C(C)Oc1ccc(CC)cc1. The average Bonchev–Trinajstić information content (AvgIpc) is 3.11. The second kappa shape index (κ2) is 9.60. The summed E-state index contributed by atoms with van der Waals surface area (Å²) >= 11 is 1.68. The number of allylic oxidation sites excluding steroid dienone is 1. The molecule has 0 saturated heterocycles. The van der Waals surface area contributed by atoms with Gasteiger partial charge < -0.3 is 4.74 Å². The van der Waals surface area contributed by atoms with E-state index in [1.54, 1.807) is 11.8 Å². The third-order valence-electron chi connectivity index (χ3n) is 4.55. The minimum atomic E-state index is -0.200. The van der Waals surface area contributed by atoms with Crippen LogP contribution < -0.4 is 4.74 Å². The summed E-state index contributed by atoms with van der Waals surface area (Å²) in [6, 6.07) is 16.8. The molecule has 0 aliphatic heterocycles. The van der Waals surface area contributed by atoms with Crippen molar-refractivity contribution in [2.75, 3.05) is 0 Å². The Morgan fingerprint density at radius 2 is 1.75 bits per heavy atom. The minimum Gasteiger partial charge on any atom is -0.483 e. The van der Waals surface area contributed by atoms with Crippen molar-refractivity contribution in [2.45, 2.75) is 50.8 Å². The Hall–Kier alpha value is -2.53. The Labute approximate surface area is 171 Å².